The van der Waals surface area contributed by atoms with E-state index in [-0.39, 0.29) is 11.1 Å². The summed E-state index contributed by atoms with van der Waals surface area (Å²) in [6.45, 7) is 0. The summed E-state index contributed by atoms with van der Waals surface area (Å²) in [6.07, 6.45) is 2.71. The van der Waals surface area contributed by atoms with E-state index >= 15 is 0 Å². The molecule has 4 heteroatoms. The summed E-state index contributed by atoms with van der Waals surface area (Å²) in [5.41, 5.74) is -0.269. The second kappa shape index (κ2) is 3.01. The lowest BCUT2D eigenvalue weighted by Gasteiger charge is -1.94. The van der Waals surface area contributed by atoms with Crippen molar-refractivity contribution < 1.29 is 14.0 Å². The van der Waals surface area contributed by atoms with Gasteiger partial charge in [-0.1, -0.05) is 0 Å². The van der Waals surface area contributed by atoms with Crippen LogP contribution < -0.4 is 0 Å². The SMILES string of the molecule is O=Cc1cncc(F)c1C=O. The van der Waals surface area contributed by atoms with Crippen LogP contribution in [0.2, 0.25) is 0 Å². The third kappa shape index (κ3) is 1.29. The Balaban J connectivity index is 3.35. The average molecular weight is 153 g/mol. The van der Waals surface area contributed by atoms with Crippen molar-refractivity contribution in [3.8, 4) is 0 Å². The van der Waals surface area contributed by atoms with Crippen LogP contribution in [0.1, 0.15) is 20.7 Å². The van der Waals surface area contributed by atoms with Crippen molar-refractivity contribution in [3.05, 3.63) is 29.3 Å². The van der Waals surface area contributed by atoms with Gasteiger partial charge in [-0.05, 0) is 0 Å². The fraction of sp³-hybridized carbons (Fsp3) is 0. The van der Waals surface area contributed by atoms with Gasteiger partial charge in [-0.15, -0.1) is 0 Å². The summed E-state index contributed by atoms with van der Waals surface area (Å²) >= 11 is 0. The molecule has 0 bridgehead atoms. The molecule has 0 aliphatic carbocycles. The van der Waals surface area contributed by atoms with Crippen LogP contribution in [-0.4, -0.2) is 17.6 Å². The number of hydrogen-bond acceptors (Lipinski definition) is 3. The van der Waals surface area contributed by atoms with Gasteiger partial charge in [0.05, 0.1) is 11.8 Å². The quantitative estimate of drug-likeness (QED) is 0.591. The number of hydrogen-bond donors (Lipinski definition) is 0. The van der Waals surface area contributed by atoms with Gasteiger partial charge in [-0.2, -0.15) is 0 Å². The van der Waals surface area contributed by atoms with Crippen molar-refractivity contribution in [1.29, 1.82) is 0 Å². The van der Waals surface area contributed by atoms with Crippen LogP contribution in [0.4, 0.5) is 4.39 Å². The van der Waals surface area contributed by atoms with Gasteiger partial charge < -0.3 is 0 Å². The highest BCUT2D eigenvalue weighted by Crippen LogP contribution is 2.06. The largest absolute Gasteiger partial charge is 0.298 e. The van der Waals surface area contributed by atoms with Gasteiger partial charge in [0.25, 0.3) is 0 Å². The molecule has 0 aliphatic heterocycles. The van der Waals surface area contributed by atoms with E-state index in [1.807, 2.05) is 0 Å². The molecule has 0 unspecified atom stereocenters. The van der Waals surface area contributed by atoms with E-state index in [4.69, 9.17) is 0 Å². The topological polar surface area (TPSA) is 47.0 Å². The van der Waals surface area contributed by atoms with Crippen LogP contribution in [0.15, 0.2) is 12.4 Å². The Labute approximate surface area is 61.9 Å². The lowest BCUT2D eigenvalue weighted by molar-refractivity contribution is 0.109. The highest BCUT2D eigenvalue weighted by molar-refractivity contribution is 5.89. The minimum Gasteiger partial charge on any atom is -0.298 e. The maximum Gasteiger partial charge on any atom is 0.153 e. The van der Waals surface area contributed by atoms with E-state index in [2.05, 4.69) is 4.98 Å². The number of halogens is 1. The lowest BCUT2D eigenvalue weighted by Crippen LogP contribution is -1.96. The summed E-state index contributed by atoms with van der Waals surface area (Å²) in [7, 11) is 0. The number of nitrogens with zero attached hydrogens (tertiary/aromatic N) is 1. The van der Waals surface area contributed by atoms with Crippen molar-refractivity contribution in [3.63, 3.8) is 0 Å². The Morgan fingerprint density at radius 2 is 2.00 bits per heavy atom. The third-order valence-corrected chi connectivity index (χ3v) is 1.21. The van der Waals surface area contributed by atoms with Gasteiger partial charge in [-0.3, -0.25) is 14.6 Å². The number of aldehydes is 2. The number of aromatic nitrogens is 1. The minimum atomic E-state index is -0.774. The molecule has 3 nitrogen and oxygen atoms in total. The predicted molar refractivity (Wildman–Crippen MR) is 35.0 cm³/mol. The summed E-state index contributed by atoms with van der Waals surface area (Å²) < 4.78 is 12.6. The van der Waals surface area contributed by atoms with Crippen LogP contribution in [-0.2, 0) is 0 Å². The molecule has 0 spiro atoms. The molecule has 0 amide bonds. The van der Waals surface area contributed by atoms with Crippen molar-refractivity contribution in [1.82, 2.24) is 4.98 Å². The molecule has 0 aromatic carbocycles. The van der Waals surface area contributed by atoms with Gasteiger partial charge in [0.1, 0.15) is 0 Å². The highest BCUT2D eigenvalue weighted by Gasteiger charge is 2.05. The summed E-state index contributed by atoms with van der Waals surface area (Å²) in [6, 6.07) is 0. The normalized spacial score (nSPS) is 9.18. The van der Waals surface area contributed by atoms with E-state index in [0.29, 0.717) is 12.6 Å². The molecule has 1 heterocycles. The molecule has 1 aromatic rings. The molecule has 0 atom stereocenters. The summed E-state index contributed by atoms with van der Waals surface area (Å²) in [5.74, 6) is -0.774. The van der Waals surface area contributed by atoms with Crippen LogP contribution in [0.5, 0.6) is 0 Å². The van der Waals surface area contributed by atoms with E-state index in [0.717, 1.165) is 12.4 Å². The van der Waals surface area contributed by atoms with Crippen molar-refractivity contribution >= 4 is 12.6 Å². The van der Waals surface area contributed by atoms with Crippen molar-refractivity contribution in [2.75, 3.05) is 0 Å². The third-order valence-electron chi connectivity index (χ3n) is 1.21. The molecule has 11 heavy (non-hydrogen) atoms. The predicted octanol–water partition coefficient (Wildman–Crippen LogP) is 0.846. The number of rotatable bonds is 2. The Bertz CT molecular complexity index is 298. The fourth-order valence-electron chi connectivity index (χ4n) is 0.678. The number of carbonyl (C=O) groups excluding carboxylic acids is 2. The smallest absolute Gasteiger partial charge is 0.153 e. The second-order valence-electron chi connectivity index (χ2n) is 1.86. The van der Waals surface area contributed by atoms with Gasteiger partial charge in [-0.25, -0.2) is 4.39 Å². The molecular formula is C7H4FNO2. The molecule has 56 valence electrons. The van der Waals surface area contributed by atoms with E-state index in [1.54, 1.807) is 0 Å². The van der Waals surface area contributed by atoms with Crippen LogP contribution in [0, 0.1) is 5.82 Å². The number of carbonyl (C=O) groups is 2. The molecule has 0 radical (unpaired) electrons. The Kier molecular flexibility index (Phi) is 2.06. The molecule has 0 N–H and O–H groups in total. The summed E-state index contributed by atoms with van der Waals surface area (Å²) in [4.78, 5) is 23.8. The minimum absolute atomic E-state index is 0.0278. The van der Waals surface area contributed by atoms with E-state index in [1.165, 1.54) is 0 Å². The molecular weight excluding hydrogens is 149 g/mol. The zero-order chi connectivity index (χ0) is 8.27. The van der Waals surface area contributed by atoms with Crippen LogP contribution >= 0.6 is 0 Å². The Morgan fingerprint density at radius 1 is 1.27 bits per heavy atom. The first kappa shape index (κ1) is 7.53. The Hall–Kier alpha value is -1.58. The first-order valence-electron chi connectivity index (χ1n) is 2.83. The fourth-order valence-corrected chi connectivity index (χ4v) is 0.678. The molecule has 1 aromatic heterocycles. The first-order valence-corrected chi connectivity index (χ1v) is 2.83. The highest BCUT2D eigenvalue weighted by atomic mass is 19.1. The Morgan fingerprint density at radius 3 is 2.45 bits per heavy atom. The zero-order valence-corrected chi connectivity index (χ0v) is 5.45. The van der Waals surface area contributed by atoms with Crippen LogP contribution in [0.25, 0.3) is 0 Å². The maximum atomic E-state index is 12.6. The van der Waals surface area contributed by atoms with Crippen molar-refractivity contribution in [2.45, 2.75) is 0 Å². The van der Waals surface area contributed by atoms with Crippen molar-refractivity contribution in [2.24, 2.45) is 0 Å². The molecule has 1 rings (SSSR count). The zero-order valence-electron chi connectivity index (χ0n) is 5.45. The van der Waals surface area contributed by atoms with Gasteiger partial charge in [0.15, 0.2) is 18.4 Å². The van der Waals surface area contributed by atoms with Gasteiger partial charge in [0.2, 0.25) is 0 Å². The molecule has 0 aliphatic rings. The molecule has 0 fully saturated rings. The van der Waals surface area contributed by atoms with E-state index in [9.17, 15) is 14.0 Å². The average Bonchev–Trinajstić information content (AvgIpc) is 2.04. The van der Waals surface area contributed by atoms with Crippen LogP contribution in [0.3, 0.4) is 0 Å². The first-order chi connectivity index (χ1) is 5.29. The number of pyridine rings is 1. The monoisotopic (exact) mass is 153 g/mol. The molecule has 0 saturated heterocycles. The van der Waals surface area contributed by atoms with E-state index < -0.39 is 5.82 Å². The summed E-state index contributed by atoms with van der Waals surface area (Å²) in [5, 5.41) is 0. The lowest BCUT2D eigenvalue weighted by atomic mass is 10.2. The second-order valence-corrected chi connectivity index (χ2v) is 1.86. The maximum absolute atomic E-state index is 12.6. The van der Waals surface area contributed by atoms with Gasteiger partial charge >= 0.3 is 0 Å². The van der Waals surface area contributed by atoms with Gasteiger partial charge in [0, 0.05) is 11.8 Å². The standard InChI is InChI=1S/C7H4FNO2/c8-7-2-9-1-5(3-10)6(7)4-11/h1-4H. The molecule has 0 saturated carbocycles.